The van der Waals surface area contributed by atoms with Crippen molar-refractivity contribution in [3.05, 3.63) is 29.8 Å². The Bertz CT molecular complexity index is 553. The number of piperazine rings is 1. The molecule has 2 saturated heterocycles. The second kappa shape index (κ2) is 8.68. The molecular weight excluding hydrogens is 314 g/mol. The molecule has 0 spiro atoms. The van der Waals surface area contributed by atoms with E-state index in [2.05, 4.69) is 34.2 Å². The lowest BCUT2D eigenvalue weighted by molar-refractivity contribution is -0.138. The van der Waals surface area contributed by atoms with Crippen molar-refractivity contribution in [3.8, 4) is 5.75 Å². The molecule has 1 amide bonds. The maximum Gasteiger partial charge on any atom is 0.225 e. The molecule has 0 radical (unpaired) electrons. The molecule has 0 saturated carbocycles. The van der Waals surface area contributed by atoms with Gasteiger partial charge in [0.05, 0.1) is 6.61 Å². The van der Waals surface area contributed by atoms with Crippen LogP contribution in [0.3, 0.4) is 0 Å². The van der Waals surface area contributed by atoms with E-state index in [9.17, 15) is 4.79 Å². The van der Waals surface area contributed by atoms with Crippen LogP contribution in [0.5, 0.6) is 5.75 Å². The lowest BCUT2D eigenvalue weighted by Crippen LogP contribution is -2.51. The van der Waals surface area contributed by atoms with Crippen molar-refractivity contribution in [1.29, 1.82) is 0 Å². The first-order chi connectivity index (χ1) is 12.2. The summed E-state index contributed by atoms with van der Waals surface area (Å²) < 4.78 is 5.49. The molecule has 1 aromatic carbocycles. The molecule has 0 aliphatic carbocycles. The minimum Gasteiger partial charge on any atom is -0.494 e. The van der Waals surface area contributed by atoms with Gasteiger partial charge in [0, 0.05) is 44.7 Å². The molecule has 1 N–H and O–H groups in total. The Morgan fingerprint density at radius 1 is 1.20 bits per heavy atom. The number of amides is 1. The van der Waals surface area contributed by atoms with Gasteiger partial charge in [0.2, 0.25) is 5.91 Å². The van der Waals surface area contributed by atoms with Crippen LogP contribution in [-0.4, -0.2) is 61.1 Å². The highest BCUT2D eigenvalue weighted by atomic mass is 16.5. The number of carbonyl (C=O) groups is 1. The summed E-state index contributed by atoms with van der Waals surface area (Å²) in [7, 11) is 0. The Morgan fingerprint density at radius 3 is 2.56 bits per heavy atom. The molecule has 0 bridgehead atoms. The summed E-state index contributed by atoms with van der Waals surface area (Å²) in [6.07, 6.45) is 1.96. The quantitative estimate of drug-likeness (QED) is 0.888. The van der Waals surface area contributed by atoms with Gasteiger partial charge in [-0.05, 0) is 50.9 Å². The summed E-state index contributed by atoms with van der Waals surface area (Å²) in [6, 6.07) is 8.81. The van der Waals surface area contributed by atoms with Crippen molar-refractivity contribution in [2.75, 3.05) is 39.3 Å². The van der Waals surface area contributed by atoms with E-state index in [4.69, 9.17) is 4.74 Å². The van der Waals surface area contributed by atoms with E-state index in [1.807, 2.05) is 19.1 Å². The zero-order chi connectivity index (χ0) is 17.6. The van der Waals surface area contributed by atoms with Crippen molar-refractivity contribution in [2.24, 2.45) is 5.92 Å². The highest BCUT2D eigenvalue weighted by Crippen LogP contribution is 2.20. The molecule has 2 aliphatic rings. The molecule has 1 aromatic rings. The first-order valence-electron chi connectivity index (χ1n) is 9.62. The normalized spacial score (nSPS) is 25.0. The van der Waals surface area contributed by atoms with Gasteiger partial charge in [-0.1, -0.05) is 12.1 Å². The summed E-state index contributed by atoms with van der Waals surface area (Å²) >= 11 is 0. The van der Waals surface area contributed by atoms with E-state index >= 15 is 0 Å². The molecule has 5 heteroatoms. The molecular formula is C20H31N3O2. The van der Waals surface area contributed by atoms with Gasteiger partial charge < -0.3 is 15.0 Å². The maximum atomic E-state index is 12.7. The van der Waals surface area contributed by atoms with Crippen LogP contribution in [0.1, 0.15) is 32.3 Å². The number of carbonyl (C=O) groups excluding carboxylic acids is 1. The number of ether oxygens (including phenoxy) is 1. The standard InChI is InChI=1S/C20H31N3O2/c1-3-25-19-6-4-17(5-7-19)15-22-10-12-23(13-11-22)20(24)18-8-9-21-16(2)14-18/h4-7,16,18,21H,3,8-15H2,1-2H3/t16-,18-/m0/s1. The summed E-state index contributed by atoms with van der Waals surface area (Å²) in [5.41, 5.74) is 1.30. The van der Waals surface area contributed by atoms with E-state index in [1.165, 1.54) is 5.56 Å². The molecule has 5 nitrogen and oxygen atoms in total. The molecule has 0 unspecified atom stereocenters. The maximum absolute atomic E-state index is 12.7. The molecule has 2 aliphatic heterocycles. The smallest absolute Gasteiger partial charge is 0.225 e. The summed E-state index contributed by atoms with van der Waals surface area (Å²) in [6.45, 7) is 10.4. The molecule has 0 aromatic heterocycles. The van der Waals surface area contributed by atoms with Crippen LogP contribution in [-0.2, 0) is 11.3 Å². The van der Waals surface area contributed by atoms with Crippen LogP contribution in [0, 0.1) is 5.92 Å². The number of hydrogen-bond donors (Lipinski definition) is 1. The third kappa shape index (κ3) is 4.95. The number of piperidine rings is 1. The number of nitrogens with zero attached hydrogens (tertiary/aromatic N) is 2. The van der Waals surface area contributed by atoms with Crippen LogP contribution in [0.15, 0.2) is 24.3 Å². The van der Waals surface area contributed by atoms with Crippen LogP contribution in [0.4, 0.5) is 0 Å². The highest BCUT2D eigenvalue weighted by Gasteiger charge is 2.30. The summed E-state index contributed by atoms with van der Waals surface area (Å²) in [5, 5.41) is 3.43. The number of rotatable bonds is 5. The number of benzene rings is 1. The van der Waals surface area contributed by atoms with Gasteiger partial charge in [0.1, 0.15) is 5.75 Å². The first kappa shape index (κ1) is 18.2. The minimum atomic E-state index is 0.217. The van der Waals surface area contributed by atoms with E-state index in [0.29, 0.717) is 18.6 Å². The highest BCUT2D eigenvalue weighted by molar-refractivity contribution is 5.79. The van der Waals surface area contributed by atoms with Gasteiger partial charge in [-0.3, -0.25) is 9.69 Å². The Kier molecular flexibility index (Phi) is 6.32. The third-order valence-corrected chi connectivity index (χ3v) is 5.30. The summed E-state index contributed by atoms with van der Waals surface area (Å²) in [5.74, 6) is 1.51. The Balaban J connectivity index is 1.45. The van der Waals surface area contributed by atoms with Gasteiger partial charge in [-0.15, -0.1) is 0 Å². The Morgan fingerprint density at radius 2 is 1.92 bits per heavy atom. The SMILES string of the molecule is CCOc1ccc(CN2CCN(C(=O)[C@H]3CCN[C@@H](C)C3)CC2)cc1. The predicted molar refractivity (Wildman–Crippen MR) is 99.7 cm³/mol. The monoisotopic (exact) mass is 345 g/mol. The van der Waals surface area contributed by atoms with E-state index in [-0.39, 0.29) is 5.92 Å². The van der Waals surface area contributed by atoms with Crippen molar-refractivity contribution >= 4 is 5.91 Å². The van der Waals surface area contributed by atoms with Crippen molar-refractivity contribution < 1.29 is 9.53 Å². The fraction of sp³-hybridized carbons (Fsp3) is 0.650. The second-order valence-corrected chi connectivity index (χ2v) is 7.25. The topological polar surface area (TPSA) is 44.8 Å². The van der Waals surface area contributed by atoms with Gasteiger partial charge in [0.25, 0.3) is 0 Å². The average Bonchev–Trinajstić information content (AvgIpc) is 2.64. The van der Waals surface area contributed by atoms with Gasteiger partial charge in [-0.25, -0.2) is 0 Å². The first-order valence-corrected chi connectivity index (χ1v) is 9.62. The largest absolute Gasteiger partial charge is 0.494 e. The van der Waals surface area contributed by atoms with Crippen LogP contribution < -0.4 is 10.1 Å². The summed E-state index contributed by atoms with van der Waals surface area (Å²) in [4.78, 5) is 17.2. The van der Waals surface area contributed by atoms with Crippen molar-refractivity contribution in [3.63, 3.8) is 0 Å². The Hall–Kier alpha value is -1.59. The second-order valence-electron chi connectivity index (χ2n) is 7.25. The van der Waals surface area contributed by atoms with Gasteiger partial charge in [0.15, 0.2) is 0 Å². The van der Waals surface area contributed by atoms with Crippen LogP contribution in [0.2, 0.25) is 0 Å². The third-order valence-electron chi connectivity index (χ3n) is 5.30. The number of nitrogens with one attached hydrogen (secondary N) is 1. The lowest BCUT2D eigenvalue weighted by Gasteiger charge is -2.38. The fourth-order valence-electron chi connectivity index (χ4n) is 3.86. The van der Waals surface area contributed by atoms with Gasteiger partial charge >= 0.3 is 0 Å². The zero-order valence-electron chi connectivity index (χ0n) is 15.5. The molecule has 2 fully saturated rings. The molecule has 25 heavy (non-hydrogen) atoms. The van der Waals surface area contributed by atoms with Crippen LogP contribution >= 0.6 is 0 Å². The zero-order valence-corrected chi connectivity index (χ0v) is 15.5. The van der Waals surface area contributed by atoms with E-state index in [1.54, 1.807) is 0 Å². The van der Waals surface area contributed by atoms with Crippen molar-refractivity contribution in [1.82, 2.24) is 15.1 Å². The molecule has 2 heterocycles. The predicted octanol–water partition coefficient (Wildman–Crippen LogP) is 2.12. The molecule has 138 valence electrons. The van der Waals surface area contributed by atoms with E-state index in [0.717, 1.165) is 57.9 Å². The van der Waals surface area contributed by atoms with Gasteiger partial charge in [-0.2, -0.15) is 0 Å². The fourth-order valence-corrected chi connectivity index (χ4v) is 3.86. The Labute approximate surface area is 151 Å². The van der Waals surface area contributed by atoms with Crippen molar-refractivity contribution in [2.45, 2.75) is 39.3 Å². The number of hydrogen-bond acceptors (Lipinski definition) is 4. The van der Waals surface area contributed by atoms with Crippen LogP contribution in [0.25, 0.3) is 0 Å². The average molecular weight is 345 g/mol. The molecule has 2 atom stereocenters. The van der Waals surface area contributed by atoms with E-state index < -0.39 is 0 Å². The minimum absolute atomic E-state index is 0.217. The molecule has 3 rings (SSSR count). The lowest BCUT2D eigenvalue weighted by atomic mass is 9.92.